The fraction of sp³-hybridized carbons (Fsp3) is 0. The molecule has 2 aromatic heterocycles. The van der Waals surface area contributed by atoms with Crippen molar-refractivity contribution >= 4 is 17.3 Å². The van der Waals surface area contributed by atoms with Gasteiger partial charge in [-0.2, -0.15) is 0 Å². The second-order valence-electron chi connectivity index (χ2n) is 2.12. The van der Waals surface area contributed by atoms with Crippen molar-refractivity contribution in [1.29, 1.82) is 0 Å². The minimum Gasteiger partial charge on any atom is -0.475 e. The van der Waals surface area contributed by atoms with Gasteiger partial charge in [0.05, 0.1) is 0 Å². The molecular weight excluding hydrogens is 160 g/mol. The summed E-state index contributed by atoms with van der Waals surface area (Å²) in [5, 5.41) is 8.54. The van der Waals surface area contributed by atoms with Crippen LogP contribution < -0.4 is 0 Å². The first-order valence-electron chi connectivity index (χ1n) is 3.17. The lowest BCUT2D eigenvalue weighted by Crippen LogP contribution is -1.97. The molecule has 0 saturated carbocycles. The van der Waals surface area contributed by atoms with Gasteiger partial charge in [-0.25, -0.2) is 19.7 Å². The maximum Gasteiger partial charge on any atom is 0.372 e. The standard InChI is InChI=1S/C6H4N4O2/c11-6(12)5-9-3-4(10-5)8-2-1-7-3/h1-2H,(H,11,12)(H,7,8,9,10). The van der Waals surface area contributed by atoms with E-state index >= 15 is 0 Å². The Morgan fingerprint density at radius 2 is 2.17 bits per heavy atom. The number of hydrogen-bond acceptors (Lipinski definition) is 4. The third kappa shape index (κ3) is 0.895. The number of carboxylic acids is 1. The number of nitrogens with one attached hydrogen (secondary N) is 1. The van der Waals surface area contributed by atoms with E-state index in [2.05, 4.69) is 19.9 Å². The summed E-state index contributed by atoms with van der Waals surface area (Å²) in [6, 6.07) is 0. The third-order valence-corrected chi connectivity index (χ3v) is 1.34. The molecule has 60 valence electrons. The normalized spacial score (nSPS) is 10.3. The quantitative estimate of drug-likeness (QED) is 0.621. The Bertz CT molecular complexity index is 403. The number of rotatable bonds is 1. The number of H-pyrrole nitrogens is 1. The lowest BCUT2D eigenvalue weighted by molar-refractivity contribution is 0.0685. The number of fused-ring (bicyclic) bond motifs is 1. The molecule has 2 aromatic rings. The van der Waals surface area contributed by atoms with E-state index in [4.69, 9.17) is 5.11 Å². The fourth-order valence-electron chi connectivity index (χ4n) is 0.848. The zero-order chi connectivity index (χ0) is 8.55. The Morgan fingerprint density at radius 3 is 2.83 bits per heavy atom. The lowest BCUT2D eigenvalue weighted by atomic mass is 10.6. The first-order chi connectivity index (χ1) is 5.77. The highest BCUT2D eigenvalue weighted by Crippen LogP contribution is 2.03. The van der Waals surface area contributed by atoms with Gasteiger partial charge in [0, 0.05) is 12.4 Å². The van der Waals surface area contributed by atoms with Crippen molar-refractivity contribution in [2.45, 2.75) is 0 Å². The van der Waals surface area contributed by atoms with E-state index in [1.165, 1.54) is 12.4 Å². The maximum atomic E-state index is 10.4. The Hall–Kier alpha value is -1.98. The lowest BCUT2D eigenvalue weighted by Gasteiger charge is -1.80. The predicted molar refractivity (Wildman–Crippen MR) is 38.6 cm³/mol. The molecule has 2 rings (SSSR count). The molecule has 6 nitrogen and oxygen atoms in total. The van der Waals surface area contributed by atoms with Crippen LogP contribution in [0, 0.1) is 0 Å². The summed E-state index contributed by atoms with van der Waals surface area (Å²) < 4.78 is 0. The molecule has 0 radical (unpaired) electrons. The molecular formula is C6H4N4O2. The Labute approximate surface area is 66.3 Å². The smallest absolute Gasteiger partial charge is 0.372 e. The molecule has 0 atom stereocenters. The van der Waals surface area contributed by atoms with Crippen LogP contribution in [0.1, 0.15) is 10.6 Å². The van der Waals surface area contributed by atoms with Crippen molar-refractivity contribution < 1.29 is 9.90 Å². The van der Waals surface area contributed by atoms with Gasteiger partial charge in [0.25, 0.3) is 0 Å². The molecule has 2 heterocycles. The molecule has 0 aliphatic carbocycles. The van der Waals surface area contributed by atoms with E-state index in [0.717, 1.165) is 0 Å². The molecule has 0 fully saturated rings. The van der Waals surface area contributed by atoms with Gasteiger partial charge in [0.1, 0.15) is 0 Å². The van der Waals surface area contributed by atoms with Crippen LogP contribution in [0.25, 0.3) is 11.3 Å². The third-order valence-electron chi connectivity index (χ3n) is 1.34. The Kier molecular flexibility index (Phi) is 1.26. The first kappa shape index (κ1) is 6.71. The van der Waals surface area contributed by atoms with Gasteiger partial charge in [-0.05, 0) is 0 Å². The number of imidazole rings is 1. The van der Waals surface area contributed by atoms with Crippen molar-refractivity contribution in [1.82, 2.24) is 19.9 Å². The summed E-state index contributed by atoms with van der Waals surface area (Å²) in [6.45, 7) is 0. The predicted octanol–water partition coefficient (Wildman–Crippen LogP) is 0.0511. The van der Waals surface area contributed by atoms with Gasteiger partial charge >= 0.3 is 5.97 Å². The van der Waals surface area contributed by atoms with Crippen molar-refractivity contribution in [2.24, 2.45) is 0 Å². The highest BCUT2D eigenvalue weighted by Gasteiger charge is 2.09. The van der Waals surface area contributed by atoms with Crippen molar-refractivity contribution in [2.75, 3.05) is 0 Å². The average Bonchev–Trinajstić information content (AvgIpc) is 2.46. The van der Waals surface area contributed by atoms with E-state index in [9.17, 15) is 4.79 Å². The van der Waals surface area contributed by atoms with Crippen molar-refractivity contribution in [3.8, 4) is 0 Å². The summed E-state index contributed by atoms with van der Waals surface area (Å²) in [5.74, 6) is -1.26. The number of carbonyl (C=O) groups is 1. The Balaban J connectivity index is 2.70. The minimum absolute atomic E-state index is 0.142. The largest absolute Gasteiger partial charge is 0.475 e. The Morgan fingerprint density at radius 1 is 1.42 bits per heavy atom. The van der Waals surface area contributed by atoms with Gasteiger partial charge in [-0.3, -0.25) is 0 Å². The minimum atomic E-state index is -1.12. The highest BCUT2D eigenvalue weighted by molar-refractivity contribution is 5.86. The molecule has 0 amide bonds. The van der Waals surface area contributed by atoms with Crippen LogP contribution in [0.2, 0.25) is 0 Å². The van der Waals surface area contributed by atoms with E-state index in [1.807, 2.05) is 0 Å². The number of hydrogen-bond donors (Lipinski definition) is 2. The van der Waals surface area contributed by atoms with Crippen LogP contribution in [0.3, 0.4) is 0 Å². The fourth-order valence-corrected chi connectivity index (χ4v) is 0.848. The van der Waals surface area contributed by atoms with E-state index < -0.39 is 5.97 Å². The SMILES string of the molecule is O=C(O)c1nc2nccnc2[nH]1. The van der Waals surface area contributed by atoms with Crippen LogP contribution in [0.4, 0.5) is 0 Å². The second kappa shape index (κ2) is 2.26. The van der Waals surface area contributed by atoms with Crippen LogP contribution in [-0.2, 0) is 0 Å². The molecule has 0 bridgehead atoms. The molecule has 2 N–H and O–H groups in total. The van der Waals surface area contributed by atoms with Gasteiger partial charge in [-0.15, -0.1) is 0 Å². The zero-order valence-corrected chi connectivity index (χ0v) is 5.85. The molecule has 0 saturated heterocycles. The summed E-state index contributed by atoms with van der Waals surface area (Å²) in [6.07, 6.45) is 2.92. The highest BCUT2D eigenvalue weighted by atomic mass is 16.4. The molecule has 6 heteroatoms. The molecule has 0 spiro atoms. The second-order valence-corrected chi connectivity index (χ2v) is 2.12. The number of aromatic amines is 1. The van der Waals surface area contributed by atoms with Gasteiger partial charge in [0.2, 0.25) is 5.82 Å². The van der Waals surface area contributed by atoms with E-state index in [1.54, 1.807) is 0 Å². The van der Waals surface area contributed by atoms with E-state index in [0.29, 0.717) is 11.3 Å². The summed E-state index contributed by atoms with van der Waals surface area (Å²) in [7, 11) is 0. The first-order valence-corrected chi connectivity index (χ1v) is 3.17. The van der Waals surface area contributed by atoms with E-state index in [-0.39, 0.29) is 5.82 Å². The van der Waals surface area contributed by atoms with Gasteiger partial charge in [-0.1, -0.05) is 0 Å². The van der Waals surface area contributed by atoms with Crippen LogP contribution in [-0.4, -0.2) is 31.0 Å². The molecule has 0 unspecified atom stereocenters. The maximum absolute atomic E-state index is 10.4. The van der Waals surface area contributed by atoms with Crippen molar-refractivity contribution in [3.63, 3.8) is 0 Å². The number of carboxylic acid groups (broad SMARTS) is 1. The zero-order valence-electron chi connectivity index (χ0n) is 5.85. The average molecular weight is 164 g/mol. The summed E-state index contributed by atoms with van der Waals surface area (Å²) in [4.78, 5) is 24.3. The van der Waals surface area contributed by atoms with Crippen molar-refractivity contribution in [3.05, 3.63) is 18.2 Å². The number of nitrogens with zero attached hydrogens (tertiary/aromatic N) is 3. The van der Waals surface area contributed by atoms with Gasteiger partial charge < -0.3 is 10.1 Å². The summed E-state index contributed by atoms with van der Waals surface area (Å²) >= 11 is 0. The molecule has 0 aliphatic rings. The van der Waals surface area contributed by atoms with Crippen LogP contribution in [0.5, 0.6) is 0 Å². The summed E-state index contributed by atoms with van der Waals surface area (Å²) in [5.41, 5.74) is 0.699. The monoisotopic (exact) mass is 164 g/mol. The number of aromatic carboxylic acids is 1. The molecule has 0 aliphatic heterocycles. The van der Waals surface area contributed by atoms with Crippen LogP contribution >= 0.6 is 0 Å². The van der Waals surface area contributed by atoms with Gasteiger partial charge in [0.15, 0.2) is 11.3 Å². The molecule has 12 heavy (non-hydrogen) atoms. The molecule has 0 aromatic carbocycles. The topological polar surface area (TPSA) is 91.8 Å². The van der Waals surface area contributed by atoms with Crippen LogP contribution in [0.15, 0.2) is 12.4 Å². The number of aromatic nitrogens is 4.